The van der Waals surface area contributed by atoms with Crippen molar-refractivity contribution >= 4 is 23.9 Å². The number of unbranched alkanes of at least 4 members (excludes halogenated alkanes) is 2. The van der Waals surface area contributed by atoms with Crippen molar-refractivity contribution in [1.82, 2.24) is 0 Å². The second kappa shape index (κ2) is 13.2. The largest absolute Gasteiger partial charge is 0.478 e. The first kappa shape index (κ1) is 28.1. The Labute approximate surface area is 220 Å². The Balaban J connectivity index is 2.08. The lowest BCUT2D eigenvalue weighted by atomic mass is 9.86. The number of ether oxygens (including phenoxy) is 2. The highest BCUT2D eigenvalue weighted by molar-refractivity contribution is 6.08. The summed E-state index contributed by atoms with van der Waals surface area (Å²) in [5, 5.41) is 19.9. The predicted octanol–water partition coefficient (Wildman–Crippen LogP) is 6.33. The molecule has 0 atom stereocenters. The second-order valence-electron chi connectivity index (χ2n) is 8.65. The van der Waals surface area contributed by atoms with Gasteiger partial charge < -0.3 is 19.7 Å². The SMILES string of the molecule is CCCCOC(=O)c1ccc(-c2c(C(=O)O)ccc(C(=O)O)c2-c2ccc(C(=O)OCCCC)cc2)cc1. The minimum atomic E-state index is -1.24. The fraction of sp³-hybridized carbons (Fsp3) is 0.267. The minimum absolute atomic E-state index is 0.105. The van der Waals surface area contributed by atoms with Gasteiger partial charge in [0, 0.05) is 11.1 Å². The molecule has 0 amide bonds. The van der Waals surface area contributed by atoms with Gasteiger partial charge in [-0.1, -0.05) is 51.0 Å². The molecular weight excluding hydrogens is 488 g/mol. The number of hydrogen-bond acceptors (Lipinski definition) is 6. The third kappa shape index (κ3) is 6.64. The van der Waals surface area contributed by atoms with Crippen molar-refractivity contribution < 1.29 is 38.9 Å². The van der Waals surface area contributed by atoms with Crippen LogP contribution in [0.1, 0.15) is 81.0 Å². The zero-order valence-corrected chi connectivity index (χ0v) is 21.4. The first-order valence-corrected chi connectivity index (χ1v) is 12.5. The molecule has 198 valence electrons. The van der Waals surface area contributed by atoms with E-state index in [1.165, 1.54) is 36.4 Å². The first-order chi connectivity index (χ1) is 18.3. The number of carbonyl (C=O) groups is 4. The predicted molar refractivity (Wildman–Crippen MR) is 142 cm³/mol. The molecule has 0 aromatic heterocycles. The molecule has 3 aromatic carbocycles. The summed E-state index contributed by atoms with van der Waals surface area (Å²) in [5.74, 6) is -3.47. The summed E-state index contributed by atoms with van der Waals surface area (Å²) in [6, 6.07) is 14.8. The topological polar surface area (TPSA) is 127 Å². The van der Waals surface area contributed by atoms with Gasteiger partial charge in [0.25, 0.3) is 0 Å². The maximum Gasteiger partial charge on any atom is 0.338 e. The summed E-state index contributed by atoms with van der Waals surface area (Å²) in [4.78, 5) is 49.0. The molecular formula is C30H30O8. The number of carboxylic acids is 2. The number of hydrogen-bond donors (Lipinski definition) is 2. The monoisotopic (exact) mass is 518 g/mol. The quantitative estimate of drug-likeness (QED) is 0.210. The van der Waals surface area contributed by atoms with E-state index in [1.54, 1.807) is 24.3 Å². The Bertz CT molecular complexity index is 1200. The van der Waals surface area contributed by atoms with Crippen LogP contribution in [0.3, 0.4) is 0 Å². The summed E-state index contributed by atoms with van der Waals surface area (Å²) in [6.45, 7) is 4.57. The smallest absolute Gasteiger partial charge is 0.338 e. The lowest BCUT2D eigenvalue weighted by Gasteiger charge is -2.17. The normalized spacial score (nSPS) is 10.6. The molecule has 3 rings (SSSR count). The molecule has 0 bridgehead atoms. The van der Waals surface area contributed by atoms with Crippen LogP contribution in [-0.2, 0) is 9.47 Å². The molecule has 0 heterocycles. The Morgan fingerprint density at radius 2 is 0.921 bits per heavy atom. The molecule has 0 fully saturated rings. The van der Waals surface area contributed by atoms with Crippen LogP contribution < -0.4 is 0 Å². The highest BCUT2D eigenvalue weighted by atomic mass is 16.5. The van der Waals surface area contributed by atoms with Crippen LogP contribution >= 0.6 is 0 Å². The molecule has 0 aliphatic rings. The van der Waals surface area contributed by atoms with Crippen molar-refractivity contribution in [2.45, 2.75) is 39.5 Å². The number of carboxylic acid groups (broad SMARTS) is 2. The third-order valence-corrected chi connectivity index (χ3v) is 5.95. The fourth-order valence-corrected chi connectivity index (χ4v) is 3.89. The molecule has 0 aliphatic carbocycles. The van der Waals surface area contributed by atoms with Crippen molar-refractivity contribution in [2.75, 3.05) is 13.2 Å². The van der Waals surface area contributed by atoms with E-state index < -0.39 is 23.9 Å². The molecule has 0 radical (unpaired) electrons. The molecule has 8 nitrogen and oxygen atoms in total. The second-order valence-corrected chi connectivity index (χ2v) is 8.65. The van der Waals surface area contributed by atoms with Crippen LogP contribution in [0, 0.1) is 0 Å². The average molecular weight is 519 g/mol. The van der Waals surface area contributed by atoms with Gasteiger partial charge in [-0.25, -0.2) is 19.2 Å². The first-order valence-electron chi connectivity index (χ1n) is 12.5. The van der Waals surface area contributed by atoms with Crippen LogP contribution in [-0.4, -0.2) is 47.3 Å². The zero-order valence-electron chi connectivity index (χ0n) is 21.4. The minimum Gasteiger partial charge on any atom is -0.478 e. The standard InChI is InChI=1S/C30H30O8/c1-3-5-17-37-29(35)21-11-7-19(8-12-21)25-23(27(31)32)15-16-24(28(33)34)26(25)20-9-13-22(14-10-20)30(36)38-18-6-4-2/h7-16H,3-6,17-18H2,1-2H3,(H,31,32)(H,33,34). The number of aromatic carboxylic acids is 2. The molecule has 0 saturated heterocycles. The van der Waals surface area contributed by atoms with Gasteiger partial charge in [-0.2, -0.15) is 0 Å². The van der Waals surface area contributed by atoms with E-state index in [0.29, 0.717) is 35.5 Å². The van der Waals surface area contributed by atoms with Crippen LogP contribution in [0.25, 0.3) is 22.3 Å². The van der Waals surface area contributed by atoms with E-state index >= 15 is 0 Å². The summed E-state index contributed by atoms with van der Waals surface area (Å²) in [7, 11) is 0. The van der Waals surface area contributed by atoms with Crippen molar-refractivity contribution in [3.8, 4) is 22.3 Å². The van der Waals surface area contributed by atoms with Gasteiger partial charge in [-0.15, -0.1) is 0 Å². The van der Waals surface area contributed by atoms with Crippen LogP contribution in [0.4, 0.5) is 0 Å². The molecule has 0 unspecified atom stereocenters. The van der Waals surface area contributed by atoms with E-state index in [-0.39, 0.29) is 22.3 Å². The molecule has 0 spiro atoms. The van der Waals surface area contributed by atoms with Gasteiger partial charge in [-0.3, -0.25) is 0 Å². The highest BCUT2D eigenvalue weighted by Crippen LogP contribution is 2.38. The fourth-order valence-electron chi connectivity index (χ4n) is 3.89. The lowest BCUT2D eigenvalue weighted by Crippen LogP contribution is -2.09. The number of benzene rings is 3. The van der Waals surface area contributed by atoms with Crippen LogP contribution in [0.5, 0.6) is 0 Å². The molecule has 0 aliphatic heterocycles. The maximum absolute atomic E-state index is 12.3. The molecule has 38 heavy (non-hydrogen) atoms. The van der Waals surface area contributed by atoms with Crippen molar-refractivity contribution in [3.05, 3.63) is 82.9 Å². The van der Waals surface area contributed by atoms with E-state index in [0.717, 1.165) is 25.7 Å². The van der Waals surface area contributed by atoms with Gasteiger partial charge in [0.15, 0.2) is 0 Å². The summed E-state index contributed by atoms with van der Waals surface area (Å²) < 4.78 is 10.5. The molecule has 3 aromatic rings. The summed E-state index contributed by atoms with van der Waals surface area (Å²) in [6.07, 6.45) is 3.25. The van der Waals surface area contributed by atoms with Gasteiger partial charge in [-0.05, 0) is 60.4 Å². The number of carbonyl (C=O) groups excluding carboxylic acids is 2. The lowest BCUT2D eigenvalue weighted by molar-refractivity contribution is 0.0490. The van der Waals surface area contributed by atoms with Crippen LogP contribution in [0.15, 0.2) is 60.7 Å². The Morgan fingerprint density at radius 3 is 1.21 bits per heavy atom. The summed E-state index contributed by atoms with van der Waals surface area (Å²) >= 11 is 0. The number of rotatable bonds is 12. The van der Waals surface area contributed by atoms with E-state index in [2.05, 4.69) is 0 Å². The van der Waals surface area contributed by atoms with Crippen molar-refractivity contribution in [3.63, 3.8) is 0 Å². The van der Waals surface area contributed by atoms with E-state index in [9.17, 15) is 29.4 Å². The Hall–Kier alpha value is -4.46. The van der Waals surface area contributed by atoms with E-state index in [4.69, 9.17) is 9.47 Å². The molecule has 0 saturated carbocycles. The van der Waals surface area contributed by atoms with Crippen molar-refractivity contribution in [1.29, 1.82) is 0 Å². The van der Waals surface area contributed by atoms with Gasteiger partial charge in [0.2, 0.25) is 0 Å². The maximum atomic E-state index is 12.3. The Kier molecular flexibility index (Phi) is 9.76. The van der Waals surface area contributed by atoms with Gasteiger partial charge in [0.05, 0.1) is 35.5 Å². The van der Waals surface area contributed by atoms with E-state index in [1.807, 2.05) is 13.8 Å². The highest BCUT2D eigenvalue weighted by Gasteiger charge is 2.24. The third-order valence-electron chi connectivity index (χ3n) is 5.95. The molecule has 2 N–H and O–H groups in total. The van der Waals surface area contributed by atoms with Crippen molar-refractivity contribution in [2.24, 2.45) is 0 Å². The average Bonchev–Trinajstić information content (AvgIpc) is 2.92. The molecule has 8 heteroatoms. The van der Waals surface area contributed by atoms with Gasteiger partial charge in [0.1, 0.15) is 0 Å². The number of esters is 2. The Morgan fingerprint density at radius 1 is 0.579 bits per heavy atom. The van der Waals surface area contributed by atoms with Crippen LogP contribution in [0.2, 0.25) is 0 Å². The summed E-state index contributed by atoms with van der Waals surface area (Å²) in [5.41, 5.74) is 1.57. The zero-order chi connectivity index (χ0) is 27.7. The van der Waals surface area contributed by atoms with Gasteiger partial charge >= 0.3 is 23.9 Å².